The Hall–Kier alpha value is -4.70. The molecule has 14 nitrogen and oxygen atoms in total. The van der Waals surface area contributed by atoms with Crippen LogP contribution in [0, 0.1) is 11.6 Å². The molecule has 16 heteroatoms. The first-order valence-corrected chi connectivity index (χ1v) is 13.3. The van der Waals surface area contributed by atoms with Crippen molar-refractivity contribution in [2.24, 2.45) is 0 Å². The van der Waals surface area contributed by atoms with Crippen LogP contribution in [0.4, 0.5) is 37.0 Å². The smallest absolute Gasteiger partial charge is 0.378 e. The van der Waals surface area contributed by atoms with Gasteiger partial charge < -0.3 is 29.8 Å². The molecule has 220 valence electrons. The van der Waals surface area contributed by atoms with Crippen LogP contribution >= 0.6 is 0 Å². The second-order valence-corrected chi connectivity index (χ2v) is 9.68. The number of carbonyl (C=O) groups is 2. The van der Waals surface area contributed by atoms with Crippen LogP contribution in [-0.4, -0.2) is 96.0 Å². The first kappa shape index (κ1) is 27.5. The SMILES string of the molecule is Nc1ncc(-c2nc(N3CCOCC3)nc3c2CCN3OC(=O)Nc2c(F)cc(C(=O)N3CCOCC3)cc2F)cn1. The zero-order chi connectivity index (χ0) is 29.2. The van der Waals surface area contributed by atoms with E-state index >= 15 is 0 Å². The number of fused-ring (bicyclic) bond motifs is 1. The van der Waals surface area contributed by atoms with Crippen LogP contribution in [0.5, 0.6) is 0 Å². The summed E-state index contributed by atoms with van der Waals surface area (Å²) in [7, 11) is 0. The number of benzene rings is 1. The summed E-state index contributed by atoms with van der Waals surface area (Å²) in [5.41, 5.74) is 6.56. The Morgan fingerprint density at radius 1 is 0.929 bits per heavy atom. The number of halogens is 2. The molecule has 0 atom stereocenters. The van der Waals surface area contributed by atoms with Crippen molar-refractivity contribution in [2.45, 2.75) is 6.42 Å². The molecular formula is C26H27F2N9O5. The summed E-state index contributed by atoms with van der Waals surface area (Å²) in [6, 6.07) is 1.76. The first-order chi connectivity index (χ1) is 20.4. The second-order valence-electron chi connectivity index (χ2n) is 9.68. The monoisotopic (exact) mass is 583 g/mol. The molecule has 1 aromatic carbocycles. The molecule has 3 N–H and O–H groups in total. The highest BCUT2D eigenvalue weighted by Crippen LogP contribution is 2.36. The van der Waals surface area contributed by atoms with E-state index in [-0.39, 0.29) is 18.1 Å². The lowest BCUT2D eigenvalue weighted by atomic mass is 10.1. The second kappa shape index (κ2) is 11.7. The van der Waals surface area contributed by atoms with Crippen LogP contribution in [0.3, 0.4) is 0 Å². The number of nitrogen functional groups attached to an aromatic ring is 1. The van der Waals surface area contributed by atoms with Crippen molar-refractivity contribution in [1.82, 2.24) is 24.8 Å². The van der Waals surface area contributed by atoms with E-state index < -0.39 is 29.3 Å². The normalized spacial score (nSPS) is 16.8. The zero-order valence-electron chi connectivity index (χ0n) is 22.4. The lowest BCUT2D eigenvalue weighted by Crippen LogP contribution is -2.40. The van der Waals surface area contributed by atoms with Gasteiger partial charge in [-0.2, -0.15) is 10.0 Å². The quantitative estimate of drug-likeness (QED) is 0.447. The van der Waals surface area contributed by atoms with Crippen LogP contribution in [0.25, 0.3) is 11.3 Å². The molecule has 6 rings (SSSR count). The Bertz CT molecular complexity index is 1480. The number of rotatable bonds is 5. The van der Waals surface area contributed by atoms with Crippen molar-refractivity contribution < 1.29 is 32.7 Å². The summed E-state index contributed by atoms with van der Waals surface area (Å²) in [5.74, 6) is -1.95. The number of hydrogen-bond acceptors (Lipinski definition) is 12. The molecule has 0 aliphatic carbocycles. The van der Waals surface area contributed by atoms with Crippen molar-refractivity contribution in [3.05, 3.63) is 47.3 Å². The fourth-order valence-electron chi connectivity index (χ4n) is 4.90. The maximum atomic E-state index is 14.9. The van der Waals surface area contributed by atoms with Gasteiger partial charge >= 0.3 is 6.09 Å². The average molecular weight is 584 g/mol. The number of nitrogens with zero attached hydrogens (tertiary/aromatic N) is 7. The molecule has 42 heavy (non-hydrogen) atoms. The third-order valence-electron chi connectivity index (χ3n) is 7.02. The Morgan fingerprint density at radius 2 is 1.57 bits per heavy atom. The van der Waals surface area contributed by atoms with Crippen molar-refractivity contribution in [1.29, 1.82) is 0 Å². The first-order valence-electron chi connectivity index (χ1n) is 13.3. The van der Waals surface area contributed by atoms with Crippen LogP contribution in [0.1, 0.15) is 15.9 Å². The Labute approximate surface area is 238 Å². The predicted molar refractivity (Wildman–Crippen MR) is 145 cm³/mol. The van der Waals surface area contributed by atoms with Gasteiger partial charge in [0.1, 0.15) is 5.69 Å². The average Bonchev–Trinajstić information content (AvgIpc) is 3.41. The zero-order valence-corrected chi connectivity index (χ0v) is 22.4. The van der Waals surface area contributed by atoms with E-state index in [1.165, 1.54) is 9.96 Å². The number of ether oxygens (including phenoxy) is 2. The number of amides is 2. The fraction of sp³-hybridized carbons (Fsp3) is 0.385. The molecule has 3 aliphatic rings. The number of nitrogens with one attached hydrogen (secondary N) is 1. The van der Waals surface area contributed by atoms with Crippen molar-refractivity contribution in [3.63, 3.8) is 0 Å². The molecule has 3 aromatic rings. The van der Waals surface area contributed by atoms with Gasteiger partial charge in [-0.3, -0.25) is 10.1 Å². The number of morpholine rings is 2. The molecule has 0 saturated carbocycles. The van der Waals surface area contributed by atoms with Crippen LogP contribution in [0.15, 0.2) is 24.5 Å². The van der Waals surface area contributed by atoms with Gasteiger partial charge in [0.15, 0.2) is 17.5 Å². The molecule has 0 unspecified atom stereocenters. The molecular weight excluding hydrogens is 556 g/mol. The summed E-state index contributed by atoms with van der Waals surface area (Å²) in [6.45, 7) is 3.64. The van der Waals surface area contributed by atoms with Gasteiger partial charge in [-0.1, -0.05) is 0 Å². The highest BCUT2D eigenvalue weighted by atomic mass is 19.1. The van der Waals surface area contributed by atoms with Crippen molar-refractivity contribution in [2.75, 3.05) is 80.2 Å². The Balaban J connectivity index is 1.23. The van der Waals surface area contributed by atoms with Gasteiger partial charge in [-0.15, -0.1) is 0 Å². The van der Waals surface area contributed by atoms with Crippen LogP contribution in [-0.2, 0) is 20.7 Å². The summed E-state index contributed by atoms with van der Waals surface area (Å²) in [4.78, 5) is 51.8. The maximum absolute atomic E-state index is 14.9. The molecule has 5 heterocycles. The number of nitrogens with two attached hydrogens (primary N) is 1. The van der Waals surface area contributed by atoms with Gasteiger partial charge in [0.25, 0.3) is 5.91 Å². The standard InChI is InChI=1S/C26H27F2N9O5/c27-18-11-15(23(38)35-3-7-40-8-4-35)12-19(28)21(18)33-26(39)42-37-2-1-17-20(16-13-30-24(29)31-14-16)32-25(34-22(17)37)36-5-9-41-10-6-36/h11-14H,1-10H2,(H,33,39)(H2,29,30,31). The number of hydroxylamine groups is 1. The van der Waals surface area contributed by atoms with Gasteiger partial charge in [0, 0.05) is 55.3 Å². The third-order valence-corrected chi connectivity index (χ3v) is 7.02. The summed E-state index contributed by atoms with van der Waals surface area (Å²) in [6.07, 6.45) is 2.36. The van der Waals surface area contributed by atoms with E-state index in [4.69, 9.17) is 25.0 Å². The fourth-order valence-corrected chi connectivity index (χ4v) is 4.90. The minimum atomic E-state index is -1.14. The largest absolute Gasteiger partial charge is 0.436 e. The van der Waals surface area contributed by atoms with E-state index in [1.807, 2.05) is 4.90 Å². The van der Waals surface area contributed by atoms with Gasteiger partial charge in [0.05, 0.1) is 38.7 Å². The molecule has 2 fully saturated rings. The van der Waals surface area contributed by atoms with E-state index in [2.05, 4.69) is 20.3 Å². The molecule has 2 amide bonds. The van der Waals surface area contributed by atoms with Gasteiger partial charge in [-0.05, 0) is 18.6 Å². The lowest BCUT2D eigenvalue weighted by Gasteiger charge is -2.28. The molecule has 0 bridgehead atoms. The number of aromatic nitrogens is 4. The number of carbonyl (C=O) groups excluding carboxylic acids is 2. The number of hydrogen-bond donors (Lipinski definition) is 2. The Kier molecular flexibility index (Phi) is 7.62. The molecule has 0 radical (unpaired) electrons. The third kappa shape index (κ3) is 5.58. The highest BCUT2D eigenvalue weighted by molar-refractivity contribution is 5.95. The summed E-state index contributed by atoms with van der Waals surface area (Å²) >= 11 is 0. The van der Waals surface area contributed by atoms with E-state index in [1.54, 1.807) is 12.4 Å². The van der Waals surface area contributed by atoms with Crippen LogP contribution < -0.4 is 21.0 Å². The van der Waals surface area contributed by atoms with Gasteiger partial charge in [-0.25, -0.2) is 28.5 Å². The molecule has 2 aromatic heterocycles. The Morgan fingerprint density at radius 3 is 2.24 bits per heavy atom. The predicted octanol–water partition coefficient (Wildman–Crippen LogP) is 1.63. The van der Waals surface area contributed by atoms with E-state index in [0.717, 1.165) is 12.1 Å². The molecule has 0 spiro atoms. The van der Waals surface area contributed by atoms with Crippen molar-refractivity contribution >= 4 is 35.4 Å². The minimum absolute atomic E-state index is 0.109. The maximum Gasteiger partial charge on any atom is 0.436 e. The van der Waals surface area contributed by atoms with Crippen LogP contribution in [0.2, 0.25) is 0 Å². The van der Waals surface area contributed by atoms with E-state index in [0.29, 0.717) is 87.6 Å². The molecule has 2 saturated heterocycles. The van der Waals surface area contributed by atoms with Crippen molar-refractivity contribution in [3.8, 4) is 11.3 Å². The lowest BCUT2D eigenvalue weighted by molar-refractivity contribution is 0.0302. The highest BCUT2D eigenvalue weighted by Gasteiger charge is 2.31. The number of anilines is 4. The van der Waals surface area contributed by atoms with E-state index in [9.17, 15) is 18.4 Å². The molecule has 3 aliphatic heterocycles. The topological polar surface area (TPSA) is 161 Å². The van der Waals surface area contributed by atoms with Gasteiger partial charge in [0.2, 0.25) is 11.9 Å². The minimum Gasteiger partial charge on any atom is -0.378 e. The summed E-state index contributed by atoms with van der Waals surface area (Å²) < 4.78 is 40.5. The summed E-state index contributed by atoms with van der Waals surface area (Å²) in [5, 5.41) is 3.35.